The number of hydrogen-bond acceptors (Lipinski definition) is 5. The minimum Gasteiger partial charge on any atom is -0.379 e. The van der Waals surface area contributed by atoms with Crippen LogP contribution in [0.15, 0.2) is 30.5 Å². The van der Waals surface area contributed by atoms with Crippen molar-refractivity contribution in [3.05, 3.63) is 41.6 Å². The number of nitrogens with zero attached hydrogens (tertiary/aromatic N) is 2. The Bertz CT molecular complexity index is 882. The monoisotopic (exact) mass is 353 g/mol. The Balaban J connectivity index is 1.47. The lowest BCUT2D eigenvalue weighted by atomic mass is 9.80. The van der Waals surface area contributed by atoms with Crippen molar-refractivity contribution < 1.29 is 14.4 Å². The molecule has 1 saturated heterocycles. The molecule has 0 unspecified atom stereocenters. The third kappa shape index (κ3) is 2.57. The summed E-state index contributed by atoms with van der Waals surface area (Å²) >= 11 is 0. The Morgan fingerprint density at radius 2 is 2.15 bits per heavy atom. The van der Waals surface area contributed by atoms with Gasteiger partial charge in [0.25, 0.3) is 0 Å². The minimum atomic E-state index is -0.246. The highest BCUT2D eigenvalue weighted by Crippen LogP contribution is 2.40. The summed E-state index contributed by atoms with van der Waals surface area (Å²) in [5.41, 5.74) is 5.02. The molecule has 0 amide bonds. The molecule has 0 saturated carbocycles. The van der Waals surface area contributed by atoms with Gasteiger partial charge >= 0.3 is 5.97 Å². The molecule has 1 aromatic heterocycles. The first-order chi connectivity index (χ1) is 12.7. The van der Waals surface area contributed by atoms with Crippen molar-refractivity contribution in [2.45, 2.75) is 12.5 Å². The maximum Gasteiger partial charge on any atom is 0.333 e. The van der Waals surface area contributed by atoms with Crippen molar-refractivity contribution in [2.75, 3.05) is 39.9 Å². The Labute approximate surface area is 152 Å². The summed E-state index contributed by atoms with van der Waals surface area (Å²) in [6.45, 7) is 3.19. The molecule has 0 radical (unpaired) electrons. The SMILES string of the molecule is CN1C[C@H](C(=O)ON2CCOCC2)C=C2c3cccc4[nH]cc(c34)C[C@H]21. The number of aromatic amines is 1. The molecular formula is C20H23N3O3. The van der Waals surface area contributed by atoms with Crippen LogP contribution in [0.4, 0.5) is 0 Å². The van der Waals surface area contributed by atoms with Crippen LogP contribution in [0, 0.1) is 5.92 Å². The largest absolute Gasteiger partial charge is 0.379 e. The van der Waals surface area contributed by atoms with E-state index in [-0.39, 0.29) is 11.9 Å². The smallest absolute Gasteiger partial charge is 0.333 e. The van der Waals surface area contributed by atoms with Crippen molar-refractivity contribution in [3.8, 4) is 0 Å². The van der Waals surface area contributed by atoms with Crippen LogP contribution >= 0.6 is 0 Å². The fraction of sp³-hybridized carbons (Fsp3) is 0.450. The van der Waals surface area contributed by atoms with E-state index >= 15 is 0 Å². The molecular weight excluding hydrogens is 330 g/mol. The number of hydroxylamine groups is 2. The molecule has 1 N–H and O–H groups in total. The van der Waals surface area contributed by atoms with Crippen LogP contribution in [-0.2, 0) is 20.8 Å². The fourth-order valence-electron chi connectivity index (χ4n) is 4.43. The third-order valence-electron chi connectivity index (χ3n) is 5.76. The number of benzene rings is 1. The zero-order valence-electron chi connectivity index (χ0n) is 14.9. The van der Waals surface area contributed by atoms with E-state index in [0.717, 1.165) is 11.9 Å². The molecule has 2 aromatic rings. The first-order valence-corrected chi connectivity index (χ1v) is 9.26. The zero-order valence-corrected chi connectivity index (χ0v) is 14.9. The lowest BCUT2D eigenvalue weighted by Crippen LogP contribution is -2.46. The molecule has 26 heavy (non-hydrogen) atoms. The summed E-state index contributed by atoms with van der Waals surface area (Å²) in [6, 6.07) is 6.68. The summed E-state index contributed by atoms with van der Waals surface area (Å²) < 4.78 is 5.32. The second-order valence-electron chi connectivity index (χ2n) is 7.38. The van der Waals surface area contributed by atoms with Gasteiger partial charge in [-0.05, 0) is 36.2 Å². The summed E-state index contributed by atoms with van der Waals surface area (Å²) in [6.07, 6.45) is 5.24. The topological polar surface area (TPSA) is 57.8 Å². The van der Waals surface area contributed by atoms with Crippen molar-refractivity contribution in [3.63, 3.8) is 0 Å². The molecule has 5 rings (SSSR count). The molecule has 0 spiro atoms. The highest BCUT2D eigenvalue weighted by molar-refractivity contribution is 5.99. The van der Waals surface area contributed by atoms with E-state index in [1.165, 1.54) is 22.1 Å². The first-order valence-electron chi connectivity index (χ1n) is 9.26. The van der Waals surface area contributed by atoms with E-state index in [1.807, 2.05) is 0 Å². The van der Waals surface area contributed by atoms with Crippen LogP contribution < -0.4 is 0 Å². The van der Waals surface area contributed by atoms with E-state index in [0.29, 0.717) is 38.9 Å². The van der Waals surface area contributed by atoms with Gasteiger partial charge in [0.2, 0.25) is 0 Å². The summed E-state index contributed by atoms with van der Waals surface area (Å²) in [5.74, 6) is -0.415. The number of rotatable bonds is 2. The van der Waals surface area contributed by atoms with E-state index in [2.05, 4.69) is 47.4 Å². The number of carbonyl (C=O) groups excluding carboxylic acids is 1. The van der Waals surface area contributed by atoms with Crippen LogP contribution in [0.1, 0.15) is 11.1 Å². The van der Waals surface area contributed by atoms with Gasteiger partial charge in [-0.15, -0.1) is 5.06 Å². The van der Waals surface area contributed by atoms with Gasteiger partial charge in [0, 0.05) is 29.7 Å². The molecule has 2 atom stereocenters. The van der Waals surface area contributed by atoms with Crippen LogP contribution in [-0.4, -0.2) is 66.9 Å². The molecule has 136 valence electrons. The second-order valence-corrected chi connectivity index (χ2v) is 7.38. The molecule has 6 nitrogen and oxygen atoms in total. The number of aromatic nitrogens is 1. The number of fused-ring (bicyclic) bond motifs is 2. The van der Waals surface area contributed by atoms with Crippen molar-refractivity contribution in [2.24, 2.45) is 5.92 Å². The van der Waals surface area contributed by atoms with Crippen LogP contribution in [0.25, 0.3) is 16.5 Å². The third-order valence-corrected chi connectivity index (χ3v) is 5.76. The number of morpholine rings is 1. The molecule has 3 aliphatic rings. The predicted molar refractivity (Wildman–Crippen MR) is 98.4 cm³/mol. The standard InChI is InChI=1S/C20H23N3O3/c1-22-12-14(20(24)26-23-5-7-25-8-6-23)9-16-15-3-2-4-17-19(15)13(11-21-17)10-18(16)22/h2-4,9,11,14,18,21H,5-8,10,12H2,1H3/t14-,18-/m1/s1. The van der Waals surface area contributed by atoms with Gasteiger partial charge in [0.05, 0.1) is 32.2 Å². The summed E-state index contributed by atoms with van der Waals surface area (Å²) in [7, 11) is 2.10. The van der Waals surface area contributed by atoms with E-state index in [4.69, 9.17) is 9.57 Å². The van der Waals surface area contributed by atoms with E-state index in [9.17, 15) is 4.79 Å². The van der Waals surface area contributed by atoms with Gasteiger partial charge < -0.3 is 14.6 Å². The fourth-order valence-corrected chi connectivity index (χ4v) is 4.43. The van der Waals surface area contributed by atoms with Gasteiger partial charge in [0.15, 0.2) is 0 Å². The van der Waals surface area contributed by atoms with Gasteiger partial charge in [0.1, 0.15) is 0 Å². The van der Waals surface area contributed by atoms with Crippen molar-refractivity contribution in [1.82, 2.24) is 14.9 Å². The van der Waals surface area contributed by atoms with Gasteiger partial charge in [-0.2, -0.15) is 0 Å². The Morgan fingerprint density at radius 1 is 1.31 bits per heavy atom. The lowest BCUT2D eigenvalue weighted by Gasteiger charge is -2.39. The quantitative estimate of drug-likeness (QED) is 0.893. The molecule has 3 heterocycles. The Kier molecular flexibility index (Phi) is 3.85. The van der Waals surface area contributed by atoms with Crippen molar-refractivity contribution in [1.29, 1.82) is 0 Å². The van der Waals surface area contributed by atoms with Crippen LogP contribution in [0.3, 0.4) is 0 Å². The normalized spacial score (nSPS) is 26.4. The minimum absolute atomic E-state index is 0.170. The number of H-pyrrole nitrogens is 1. The highest BCUT2D eigenvalue weighted by Gasteiger charge is 2.36. The van der Waals surface area contributed by atoms with Gasteiger partial charge in [-0.25, -0.2) is 4.79 Å². The number of likely N-dealkylation sites (N-methyl/N-ethyl adjacent to an activating group) is 1. The maximum atomic E-state index is 12.7. The Morgan fingerprint density at radius 3 is 3.00 bits per heavy atom. The molecule has 0 bridgehead atoms. The molecule has 1 fully saturated rings. The average molecular weight is 353 g/mol. The lowest BCUT2D eigenvalue weighted by molar-refractivity contribution is -0.209. The number of carbonyl (C=O) groups is 1. The number of hydrogen-bond donors (Lipinski definition) is 1. The summed E-state index contributed by atoms with van der Waals surface area (Å²) in [5, 5.41) is 3.02. The van der Waals surface area contributed by atoms with Gasteiger partial charge in [-0.3, -0.25) is 4.90 Å². The van der Waals surface area contributed by atoms with Crippen LogP contribution in [0.2, 0.25) is 0 Å². The van der Waals surface area contributed by atoms with Crippen molar-refractivity contribution >= 4 is 22.4 Å². The molecule has 1 aromatic carbocycles. The number of nitrogens with one attached hydrogen (secondary N) is 1. The summed E-state index contributed by atoms with van der Waals surface area (Å²) in [4.78, 5) is 24.0. The molecule has 6 heteroatoms. The van der Waals surface area contributed by atoms with E-state index < -0.39 is 0 Å². The first kappa shape index (κ1) is 16.1. The maximum absolute atomic E-state index is 12.7. The van der Waals surface area contributed by atoms with Crippen LogP contribution in [0.5, 0.6) is 0 Å². The Hall–Kier alpha value is -2.15. The average Bonchev–Trinajstić information content (AvgIpc) is 3.08. The van der Waals surface area contributed by atoms with E-state index in [1.54, 1.807) is 5.06 Å². The zero-order chi connectivity index (χ0) is 17.7. The van der Waals surface area contributed by atoms with Gasteiger partial charge in [-0.1, -0.05) is 18.2 Å². The highest BCUT2D eigenvalue weighted by atomic mass is 16.7. The second kappa shape index (κ2) is 6.23. The molecule has 2 aliphatic heterocycles. The number of ether oxygens (including phenoxy) is 1. The predicted octanol–water partition coefficient (Wildman–Crippen LogP) is 1.83. The molecule has 1 aliphatic carbocycles.